The molecule has 88 valence electrons. The third-order valence-corrected chi connectivity index (χ3v) is 2.91. The van der Waals surface area contributed by atoms with E-state index in [4.69, 9.17) is 10.5 Å². The summed E-state index contributed by atoms with van der Waals surface area (Å²) in [4.78, 5) is 2.36. The summed E-state index contributed by atoms with van der Waals surface area (Å²) in [6.07, 6.45) is 1.43. The van der Waals surface area contributed by atoms with Crippen molar-refractivity contribution in [1.82, 2.24) is 0 Å². The number of anilines is 2. The number of hydrogen-bond acceptors (Lipinski definition) is 3. The summed E-state index contributed by atoms with van der Waals surface area (Å²) in [6, 6.07) is 6.18. The molecular formula is C13H20N2O. The summed E-state index contributed by atoms with van der Waals surface area (Å²) in [7, 11) is 0. The van der Waals surface area contributed by atoms with Crippen molar-refractivity contribution in [2.75, 3.05) is 30.3 Å². The zero-order valence-electron chi connectivity index (χ0n) is 10.1. The minimum atomic E-state index is 0.308. The zero-order valence-corrected chi connectivity index (χ0v) is 10.1. The Kier molecular flexibility index (Phi) is 3.34. The smallest absolute Gasteiger partial charge is 0.0645 e. The van der Waals surface area contributed by atoms with Gasteiger partial charge in [-0.15, -0.1) is 0 Å². The maximum Gasteiger partial charge on any atom is 0.0645 e. The third kappa shape index (κ3) is 2.47. The summed E-state index contributed by atoms with van der Waals surface area (Å²) < 4.78 is 5.58. The Bertz CT molecular complexity index is 363. The van der Waals surface area contributed by atoms with Crippen LogP contribution in [0.4, 0.5) is 11.4 Å². The zero-order chi connectivity index (χ0) is 11.5. The van der Waals surface area contributed by atoms with Gasteiger partial charge in [-0.2, -0.15) is 0 Å². The monoisotopic (exact) mass is 220 g/mol. The molecule has 1 aromatic rings. The van der Waals surface area contributed by atoms with Gasteiger partial charge in [0.25, 0.3) is 0 Å². The van der Waals surface area contributed by atoms with Gasteiger partial charge in [-0.25, -0.2) is 0 Å². The molecule has 0 bridgehead atoms. The average molecular weight is 220 g/mol. The van der Waals surface area contributed by atoms with Crippen LogP contribution in [0, 0.1) is 0 Å². The fourth-order valence-corrected chi connectivity index (χ4v) is 2.09. The summed E-state index contributed by atoms with van der Waals surface area (Å²) in [5, 5.41) is 0. The van der Waals surface area contributed by atoms with Crippen LogP contribution in [0.2, 0.25) is 0 Å². The normalized spacial score (nSPS) is 14.6. The minimum Gasteiger partial charge on any atom is -0.399 e. The SMILES string of the molecule is CC(C)OCCN1CCc2ccc(N)cc21. The van der Waals surface area contributed by atoms with Crippen molar-refractivity contribution in [3.05, 3.63) is 23.8 Å². The average Bonchev–Trinajstić information content (AvgIpc) is 2.60. The molecule has 0 saturated heterocycles. The highest BCUT2D eigenvalue weighted by atomic mass is 16.5. The molecule has 0 unspecified atom stereocenters. The molecule has 1 aromatic carbocycles. The summed E-state index contributed by atoms with van der Waals surface area (Å²) in [5.41, 5.74) is 9.34. The van der Waals surface area contributed by atoms with Crippen molar-refractivity contribution in [1.29, 1.82) is 0 Å². The van der Waals surface area contributed by atoms with Crippen molar-refractivity contribution in [2.24, 2.45) is 0 Å². The molecule has 0 aromatic heterocycles. The highest BCUT2D eigenvalue weighted by Crippen LogP contribution is 2.29. The Morgan fingerprint density at radius 2 is 2.25 bits per heavy atom. The van der Waals surface area contributed by atoms with E-state index in [0.717, 1.165) is 31.8 Å². The van der Waals surface area contributed by atoms with Gasteiger partial charge in [0.1, 0.15) is 0 Å². The fourth-order valence-electron chi connectivity index (χ4n) is 2.09. The maximum absolute atomic E-state index is 5.81. The number of hydrogen-bond donors (Lipinski definition) is 1. The van der Waals surface area contributed by atoms with Crippen LogP contribution in [0.25, 0.3) is 0 Å². The number of benzene rings is 1. The van der Waals surface area contributed by atoms with E-state index in [-0.39, 0.29) is 0 Å². The lowest BCUT2D eigenvalue weighted by molar-refractivity contribution is 0.0843. The molecule has 0 atom stereocenters. The molecule has 0 radical (unpaired) electrons. The highest BCUT2D eigenvalue weighted by molar-refractivity contribution is 5.64. The largest absolute Gasteiger partial charge is 0.399 e. The Labute approximate surface area is 97.2 Å². The second-order valence-corrected chi connectivity index (χ2v) is 4.54. The number of rotatable bonds is 4. The van der Waals surface area contributed by atoms with Crippen LogP contribution in [-0.4, -0.2) is 25.8 Å². The topological polar surface area (TPSA) is 38.5 Å². The van der Waals surface area contributed by atoms with Gasteiger partial charge in [-0.05, 0) is 38.0 Å². The molecule has 0 saturated carbocycles. The second-order valence-electron chi connectivity index (χ2n) is 4.54. The van der Waals surface area contributed by atoms with E-state index >= 15 is 0 Å². The number of ether oxygens (including phenoxy) is 1. The van der Waals surface area contributed by atoms with Gasteiger partial charge < -0.3 is 15.4 Å². The van der Waals surface area contributed by atoms with Crippen molar-refractivity contribution in [3.63, 3.8) is 0 Å². The van der Waals surface area contributed by atoms with Crippen LogP contribution in [0.3, 0.4) is 0 Å². The molecular weight excluding hydrogens is 200 g/mol. The van der Waals surface area contributed by atoms with Gasteiger partial charge in [0, 0.05) is 24.5 Å². The Morgan fingerprint density at radius 3 is 3.00 bits per heavy atom. The third-order valence-electron chi connectivity index (χ3n) is 2.91. The minimum absolute atomic E-state index is 0.308. The van der Waals surface area contributed by atoms with Gasteiger partial charge in [0.2, 0.25) is 0 Å². The second kappa shape index (κ2) is 4.74. The quantitative estimate of drug-likeness (QED) is 0.789. The van der Waals surface area contributed by atoms with E-state index in [1.165, 1.54) is 11.3 Å². The Balaban J connectivity index is 1.97. The number of nitrogen functional groups attached to an aromatic ring is 1. The number of nitrogens with two attached hydrogens (primary N) is 1. The number of nitrogens with zero attached hydrogens (tertiary/aromatic N) is 1. The molecule has 16 heavy (non-hydrogen) atoms. The first-order valence-corrected chi connectivity index (χ1v) is 5.92. The van der Waals surface area contributed by atoms with Gasteiger partial charge in [-0.1, -0.05) is 6.07 Å². The van der Waals surface area contributed by atoms with Gasteiger partial charge in [-0.3, -0.25) is 0 Å². The van der Waals surface area contributed by atoms with Gasteiger partial charge >= 0.3 is 0 Å². The van der Waals surface area contributed by atoms with Gasteiger partial charge in [0.15, 0.2) is 0 Å². The van der Waals surface area contributed by atoms with Crippen molar-refractivity contribution < 1.29 is 4.74 Å². The number of fused-ring (bicyclic) bond motifs is 1. The highest BCUT2D eigenvalue weighted by Gasteiger charge is 2.18. The van der Waals surface area contributed by atoms with E-state index < -0.39 is 0 Å². The Hall–Kier alpha value is -1.22. The van der Waals surface area contributed by atoms with Crippen LogP contribution >= 0.6 is 0 Å². The van der Waals surface area contributed by atoms with E-state index in [0.29, 0.717) is 6.10 Å². The van der Waals surface area contributed by atoms with Crippen LogP contribution < -0.4 is 10.6 Å². The summed E-state index contributed by atoms with van der Waals surface area (Å²) >= 11 is 0. The molecule has 2 N–H and O–H groups in total. The lowest BCUT2D eigenvalue weighted by Gasteiger charge is -2.20. The summed E-state index contributed by atoms with van der Waals surface area (Å²) in [5.74, 6) is 0. The predicted octanol–water partition coefficient (Wildman–Crippen LogP) is 2.06. The summed E-state index contributed by atoms with van der Waals surface area (Å²) in [6.45, 7) is 6.95. The lowest BCUT2D eigenvalue weighted by atomic mass is 10.1. The molecule has 2 rings (SSSR count). The molecule has 1 aliphatic rings. The first-order valence-electron chi connectivity index (χ1n) is 5.92. The van der Waals surface area contributed by atoms with Crippen LogP contribution in [0.15, 0.2) is 18.2 Å². The molecule has 0 fully saturated rings. The molecule has 1 aliphatic heterocycles. The first kappa shape index (κ1) is 11.3. The van der Waals surface area contributed by atoms with Crippen molar-refractivity contribution >= 4 is 11.4 Å². The van der Waals surface area contributed by atoms with E-state index in [1.54, 1.807) is 0 Å². The van der Waals surface area contributed by atoms with Gasteiger partial charge in [0.05, 0.1) is 12.7 Å². The Morgan fingerprint density at radius 1 is 1.44 bits per heavy atom. The predicted molar refractivity (Wildman–Crippen MR) is 67.9 cm³/mol. The van der Waals surface area contributed by atoms with E-state index in [9.17, 15) is 0 Å². The fraction of sp³-hybridized carbons (Fsp3) is 0.538. The standard InChI is InChI=1S/C13H20N2O/c1-10(2)16-8-7-15-6-5-11-3-4-12(14)9-13(11)15/h3-4,9-10H,5-8,14H2,1-2H3. The molecule has 1 heterocycles. The molecule has 0 amide bonds. The van der Waals surface area contributed by atoms with Crippen LogP contribution in [-0.2, 0) is 11.2 Å². The first-order chi connectivity index (χ1) is 7.66. The molecule has 0 spiro atoms. The maximum atomic E-state index is 5.81. The van der Waals surface area contributed by atoms with Crippen molar-refractivity contribution in [3.8, 4) is 0 Å². The van der Waals surface area contributed by atoms with E-state index in [1.807, 2.05) is 6.07 Å². The molecule has 0 aliphatic carbocycles. The molecule has 3 nitrogen and oxygen atoms in total. The molecule has 3 heteroatoms. The van der Waals surface area contributed by atoms with Crippen molar-refractivity contribution in [2.45, 2.75) is 26.4 Å². The van der Waals surface area contributed by atoms with Crippen LogP contribution in [0.5, 0.6) is 0 Å². The van der Waals surface area contributed by atoms with E-state index in [2.05, 4.69) is 30.9 Å². The lowest BCUT2D eigenvalue weighted by Crippen LogP contribution is -2.26. The van der Waals surface area contributed by atoms with Crippen LogP contribution in [0.1, 0.15) is 19.4 Å².